The van der Waals surface area contributed by atoms with Crippen LogP contribution in [0.25, 0.3) is 0 Å². The molecule has 0 aliphatic carbocycles. The number of carbonyl (C=O) groups excluding carboxylic acids is 1. The average Bonchev–Trinajstić information content (AvgIpc) is 2.38. The van der Waals surface area contributed by atoms with Crippen molar-refractivity contribution in [3.8, 4) is 0 Å². The van der Waals surface area contributed by atoms with E-state index in [1.807, 2.05) is 13.0 Å². The number of hydrogen-bond acceptors (Lipinski definition) is 4. The van der Waals surface area contributed by atoms with Gasteiger partial charge in [-0.05, 0) is 37.5 Å². The van der Waals surface area contributed by atoms with E-state index < -0.39 is 17.5 Å². The van der Waals surface area contributed by atoms with Crippen LogP contribution in [0.1, 0.15) is 38.2 Å². The molecule has 1 saturated heterocycles. The molecule has 0 aromatic heterocycles. The molecule has 110 valence electrons. The number of aliphatic hydroxyl groups is 1. The van der Waals surface area contributed by atoms with Gasteiger partial charge in [0.25, 0.3) is 0 Å². The van der Waals surface area contributed by atoms with Gasteiger partial charge in [0, 0.05) is 25.0 Å². The van der Waals surface area contributed by atoms with Gasteiger partial charge in [0.05, 0.1) is 16.3 Å². The molecule has 1 heterocycles. The summed E-state index contributed by atoms with van der Waals surface area (Å²) in [7, 11) is 0. The molecular formula is C15H19ClNO3-. The predicted molar refractivity (Wildman–Crippen MR) is 76.9 cm³/mol. The van der Waals surface area contributed by atoms with Gasteiger partial charge in [0.1, 0.15) is 0 Å². The number of hydrogen-bond donors (Lipinski definition) is 1. The molecule has 5 heteroatoms. The van der Waals surface area contributed by atoms with E-state index in [-0.39, 0.29) is 0 Å². The van der Waals surface area contributed by atoms with Crippen molar-refractivity contribution in [2.24, 2.45) is 0 Å². The largest absolute Gasteiger partial charge is 0.550 e. The third-order valence-electron chi connectivity index (χ3n) is 4.01. The van der Waals surface area contributed by atoms with Crippen LogP contribution in [0.3, 0.4) is 0 Å². The molecule has 1 N–H and O–H groups in total. The minimum absolute atomic E-state index is 0.539. The van der Waals surface area contributed by atoms with Crippen LogP contribution in [0.4, 0.5) is 5.69 Å². The van der Waals surface area contributed by atoms with Crippen molar-refractivity contribution in [1.82, 2.24) is 0 Å². The molecule has 20 heavy (non-hydrogen) atoms. The zero-order valence-corrected chi connectivity index (χ0v) is 12.5. The van der Waals surface area contributed by atoms with Gasteiger partial charge in [-0.3, -0.25) is 0 Å². The van der Waals surface area contributed by atoms with Gasteiger partial charge in [-0.1, -0.05) is 24.6 Å². The molecule has 1 aromatic carbocycles. The molecular weight excluding hydrogens is 278 g/mol. The Labute approximate surface area is 124 Å². The number of anilines is 1. The van der Waals surface area contributed by atoms with Crippen LogP contribution in [-0.2, 0) is 4.79 Å². The van der Waals surface area contributed by atoms with Crippen LogP contribution >= 0.6 is 11.6 Å². The minimum Gasteiger partial charge on any atom is -0.550 e. The van der Waals surface area contributed by atoms with Crippen LogP contribution in [0.15, 0.2) is 18.2 Å². The van der Waals surface area contributed by atoms with Crippen LogP contribution < -0.4 is 10.0 Å². The molecule has 1 aliphatic heterocycles. The molecule has 0 radical (unpaired) electrons. The third-order valence-corrected chi connectivity index (χ3v) is 4.31. The number of carboxylic acids is 1. The van der Waals surface area contributed by atoms with Gasteiger partial charge in [-0.2, -0.15) is 0 Å². The van der Waals surface area contributed by atoms with Crippen LogP contribution in [0, 0.1) is 0 Å². The fourth-order valence-electron chi connectivity index (χ4n) is 2.41. The zero-order valence-electron chi connectivity index (χ0n) is 11.7. The summed E-state index contributed by atoms with van der Waals surface area (Å²) in [5.41, 5.74) is 0.922. The standard InChI is InChI=1S/C15H20ClNO3/c1-10(14(18)19)11-3-4-13(12(16)9-11)17-7-5-15(2,20)6-8-17/h3-4,9-10,20H,5-8H2,1-2H3,(H,18,19)/p-1. The van der Waals surface area contributed by atoms with Crippen LogP contribution in [-0.4, -0.2) is 29.8 Å². The highest BCUT2D eigenvalue weighted by atomic mass is 35.5. The van der Waals surface area contributed by atoms with Crippen LogP contribution in [0.2, 0.25) is 5.02 Å². The van der Waals surface area contributed by atoms with Gasteiger partial charge in [0.2, 0.25) is 0 Å². The summed E-state index contributed by atoms with van der Waals surface area (Å²) in [5, 5.41) is 21.4. The zero-order chi connectivity index (χ0) is 14.9. The maximum atomic E-state index is 10.9. The molecule has 1 aromatic rings. The van der Waals surface area contributed by atoms with E-state index in [9.17, 15) is 15.0 Å². The summed E-state index contributed by atoms with van der Waals surface area (Å²) in [6.45, 7) is 4.90. The first-order valence-corrected chi connectivity index (χ1v) is 7.15. The Morgan fingerprint density at radius 2 is 2.05 bits per heavy atom. The summed E-state index contributed by atoms with van der Waals surface area (Å²) in [4.78, 5) is 13.0. The molecule has 0 spiro atoms. The van der Waals surface area contributed by atoms with E-state index in [4.69, 9.17) is 11.6 Å². The maximum absolute atomic E-state index is 10.9. The van der Waals surface area contributed by atoms with Gasteiger partial charge >= 0.3 is 0 Å². The summed E-state index contributed by atoms with van der Waals surface area (Å²) < 4.78 is 0. The first kappa shape index (κ1) is 15.1. The van der Waals surface area contributed by atoms with Crippen molar-refractivity contribution < 1.29 is 15.0 Å². The lowest BCUT2D eigenvalue weighted by molar-refractivity contribution is -0.307. The van der Waals surface area contributed by atoms with E-state index in [1.165, 1.54) is 0 Å². The summed E-state index contributed by atoms with van der Waals surface area (Å²) in [6.07, 6.45) is 1.39. The summed E-state index contributed by atoms with van der Waals surface area (Å²) >= 11 is 6.27. The van der Waals surface area contributed by atoms with Crippen molar-refractivity contribution in [2.45, 2.75) is 38.2 Å². The fraction of sp³-hybridized carbons (Fsp3) is 0.533. The molecule has 1 unspecified atom stereocenters. The Kier molecular flexibility index (Phi) is 4.25. The molecule has 1 fully saturated rings. The smallest absolute Gasteiger partial charge is 0.0653 e. The van der Waals surface area contributed by atoms with Crippen molar-refractivity contribution in [1.29, 1.82) is 0 Å². The second-order valence-electron chi connectivity index (χ2n) is 5.74. The highest BCUT2D eigenvalue weighted by Crippen LogP contribution is 2.33. The van der Waals surface area contributed by atoms with Gasteiger partial charge < -0.3 is 19.9 Å². The highest BCUT2D eigenvalue weighted by Gasteiger charge is 2.28. The van der Waals surface area contributed by atoms with Crippen LogP contribution in [0.5, 0.6) is 0 Å². The van der Waals surface area contributed by atoms with Crippen molar-refractivity contribution in [3.05, 3.63) is 28.8 Å². The van der Waals surface area contributed by atoms with Crippen molar-refractivity contribution in [2.75, 3.05) is 18.0 Å². The van der Waals surface area contributed by atoms with Crippen molar-refractivity contribution >= 4 is 23.3 Å². The SMILES string of the molecule is CC(C(=O)[O-])c1ccc(N2CCC(C)(O)CC2)c(Cl)c1. The van der Waals surface area contributed by atoms with Gasteiger partial charge in [0.15, 0.2) is 0 Å². The Morgan fingerprint density at radius 3 is 2.55 bits per heavy atom. The van der Waals surface area contributed by atoms with E-state index in [1.54, 1.807) is 19.1 Å². The van der Waals surface area contributed by atoms with Gasteiger partial charge in [-0.15, -0.1) is 0 Å². The number of nitrogens with zero attached hydrogens (tertiary/aromatic N) is 1. The summed E-state index contributed by atoms with van der Waals surface area (Å²) in [6, 6.07) is 5.30. The quantitative estimate of drug-likeness (QED) is 0.919. The second kappa shape index (κ2) is 5.62. The number of carbonyl (C=O) groups is 1. The molecule has 4 nitrogen and oxygen atoms in total. The van der Waals surface area contributed by atoms with E-state index >= 15 is 0 Å². The predicted octanol–water partition coefficient (Wildman–Crippen LogP) is 1.54. The first-order valence-electron chi connectivity index (χ1n) is 6.78. The maximum Gasteiger partial charge on any atom is 0.0653 e. The topological polar surface area (TPSA) is 63.6 Å². The normalized spacial score (nSPS) is 19.7. The van der Waals surface area contributed by atoms with E-state index in [0.717, 1.165) is 18.8 Å². The lowest BCUT2D eigenvalue weighted by atomic mass is 9.93. The molecule has 1 aliphatic rings. The number of aliphatic carboxylic acids is 1. The molecule has 1 atom stereocenters. The monoisotopic (exact) mass is 296 g/mol. The Hall–Kier alpha value is -1.26. The Balaban J connectivity index is 2.16. The van der Waals surface area contributed by atoms with Gasteiger partial charge in [-0.25, -0.2) is 0 Å². The van der Waals surface area contributed by atoms with E-state index in [2.05, 4.69) is 4.90 Å². The highest BCUT2D eigenvalue weighted by molar-refractivity contribution is 6.33. The first-order chi connectivity index (χ1) is 9.30. The number of rotatable bonds is 3. The molecule has 0 saturated carbocycles. The lowest BCUT2D eigenvalue weighted by Crippen LogP contribution is -2.42. The molecule has 0 bridgehead atoms. The number of piperidine rings is 1. The minimum atomic E-state index is -1.11. The number of halogens is 1. The molecule has 2 rings (SSSR count). The van der Waals surface area contributed by atoms with E-state index in [0.29, 0.717) is 23.4 Å². The molecule has 0 amide bonds. The fourth-order valence-corrected chi connectivity index (χ4v) is 2.72. The lowest BCUT2D eigenvalue weighted by Gasteiger charge is -2.37. The number of benzene rings is 1. The second-order valence-corrected chi connectivity index (χ2v) is 6.14. The average molecular weight is 297 g/mol. The number of carboxylic acid groups (broad SMARTS) is 1. The summed E-state index contributed by atoms with van der Waals surface area (Å²) in [5.74, 6) is -1.79. The van der Waals surface area contributed by atoms with Crippen molar-refractivity contribution in [3.63, 3.8) is 0 Å². The Bertz CT molecular complexity index is 506. The third kappa shape index (κ3) is 3.25. The Morgan fingerprint density at radius 1 is 1.45 bits per heavy atom.